The van der Waals surface area contributed by atoms with E-state index in [4.69, 9.17) is 9.47 Å². The Morgan fingerprint density at radius 2 is 1.83 bits per heavy atom. The Balaban J connectivity index is 1.36. The Kier molecular flexibility index (Phi) is 7.57. The van der Waals surface area contributed by atoms with E-state index in [1.165, 1.54) is 23.8 Å². The first-order chi connectivity index (χ1) is 17.0. The van der Waals surface area contributed by atoms with Crippen molar-refractivity contribution in [2.75, 3.05) is 12.4 Å². The summed E-state index contributed by atoms with van der Waals surface area (Å²) in [5, 5.41) is 7.09. The molecule has 4 aromatic rings. The third kappa shape index (κ3) is 6.80. The molecule has 1 heterocycles. The molecule has 0 aliphatic heterocycles. The minimum Gasteiger partial charge on any atom is -0.496 e. The molecule has 7 heteroatoms. The standard InChI is InChI=1S/C28H26FN3O3/c1-20-3-11-25(12-4-20)35-19-23-17-21(7-13-26(23)34-2)8-14-28(33)30-27-15-16-32(31-27)18-22-5-9-24(29)10-6-22/h3-17H,18-19H2,1-2H3,(H,30,31,33)/b14-8+. The summed E-state index contributed by atoms with van der Waals surface area (Å²) in [5.41, 5.74) is 3.79. The second-order valence-corrected chi connectivity index (χ2v) is 8.02. The van der Waals surface area contributed by atoms with Crippen molar-refractivity contribution in [1.29, 1.82) is 0 Å². The fraction of sp³-hybridized carbons (Fsp3) is 0.143. The number of benzene rings is 3. The Labute approximate surface area is 203 Å². The van der Waals surface area contributed by atoms with E-state index >= 15 is 0 Å². The van der Waals surface area contributed by atoms with Crippen LogP contribution in [0.25, 0.3) is 6.08 Å². The van der Waals surface area contributed by atoms with Crippen molar-refractivity contribution in [3.05, 3.63) is 113 Å². The highest BCUT2D eigenvalue weighted by atomic mass is 19.1. The van der Waals surface area contributed by atoms with Gasteiger partial charge in [-0.3, -0.25) is 9.48 Å². The van der Waals surface area contributed by atoms with E-state index in [0.29, 0.717) is 24.7 Å². The third-order valence-electron chi connectivity index (χ3n) is 5.30. The summed E-state index contributed by atoms with van der Waals surface area (Å²) >= 11 is 0. The second-order valence-electron chi connectivity index (χ2n) is 8.02. The van der Waals surface area contributed by atoms with Gasteiger partial charge in [0.2, 0.25) is 5.91 Å². The Morgan fingerprint density at radius 3 is 2.57 bits per heavy atom. The van der Waals surface area contributed by atoms with E-state index < -0.39 is 0 Å². The van der Waals surface area contributed by atoms with Crippen molar-refractivity contribution in [2.45, 2.75) is 20.1 Å². The number of rotatable bonds is 9. The molecule has 0 saturated carbocycles. The molecule has 0 fully saturated rings. The fourth-order valence-electron chi connectivity index (χ4n) is 3.44. The van der Waals surface area contributed by atoms with Gasteiger partial charge in [0.25, 0.3) is 0 Å². The van der Waals surface area contributed by atoms with Crippen molar-refractivity contribution in [1.82, 2.24) is 9.78 Å². The van der Waals surface area contributed by atoms with Crippen LogP contribution in [0.3, 0.4) is 0 Å². The number of nitrogens with zero attached hydrogens (tertiary/aromatic N) is 2. The SMILES string of the molecule is COc1ccc(/C=C/C(=O)Nc2ccn(Cc3ccc(F)cc3)n2)cc1COc1ccc(C)cc1. The molecular formula is C28H26FN3O3. The van der Waals surface area contributed by atoms with Crippen LogP contribution in [0.15, 0.2) is 85.1 Å². The van der Waals surface area contributed by atoms with Gasteiger partial charge in [-0.15, -0.1) is 0 Å². The molecule has 178 valence electrons. The van der Waals surface area contributed by atoms with Gasteiger partial charge in [-0.05, 0) is 60.5 Å². The molecule has 0 saturated heterocycles. The van der Waals surface area contributed by atoms with Crippen LogP contribution < -0.4 is 14.8 Å². The summed E-state index contributed by atoms with van der Waals surface area (Å²) in [6.07, 6.45) is 4.93. The van der Waals surface area contributed by atoms with Crippen LogP contribution in [0.5, 0.6) is 11.5 Å². The van der Waals surface area contributed by atoms with Crippen LogP contribution in [-0.4, -0.2) is 22.8 Å². The van der Waals surface area contributed by atoms with E-state index in [-0.39, 0.29) is 11.7 Å². The molecule has 6 nitrogen and oxygen atoms in total. The van der Waals surface area contributed by atoms with E-state index in [9.17, 15) is 9.18 Å². The zero-order valence-corrected chi connectivity index (χ0v) is 19.6. The Bertz CT molecular complexity index is 1310. The number of ether oxygens (including phenoxy) is 2. The van der Waals surface area contributed by atoms with Gasteiger partial charge < -0.3 is 14.8 Å². The van der Waals surface area contributed by atoms with Crippen LogP contribution in [0.4, 0.5) is 10.2 Å². The normalized spacial score (nSPS) is 10.9. The molecule has 0 spiro atoms. The molecule has 1 N–H and O–H groups in total. The van der Waals surface area contributed by atoms with E-state index in [2.05, 4.69) is 10.4 Å². The predicted molar refractivity (Wildman–Crippen MR) is 134 cm³/mol. The topological polar surface area (TPSA) is 65.4 Å². The largest absolute Gasteiger partial charge is 0.496 e. The third-order valence-corrected chi connectivity index (χ3v) is 5.30. The molecule has 0 aliphatic carbocycles. The quantitative estimate of drug-likeness (QED) is 0.322. The summed E-state index contributed by atoms with van der Waals surface area (Å²) < 4.78 is 26.1. The number of anilines is 1. The van der Waals surface area contributed by atoms with Gasteiger partial charge in [-0.1, -0.05) is 35.9 Å². The predicted octanol–water partition coefficient (Wildman–Crippen LogP) is 5.62. The molecule has 0 bridgehead atoms. The molecule has 0 radical (unpaired) electrons. The monoisotopic (exact) mass is 471 g/mol. The summed E-state index contributed by atoms with van der Waals surface area (Å²) in [7, 11) is 1.61. The lowest BCUT2D eigenvalue weighted by Crippen LogP contribution is -2.09. The highest BCUT2D eigenvalue weighted by Crippen LogP contribution is 2.23. The van der Waals surface area contributed by atoms with Gasteiger partial charge in [-0.25, -0.2) is 4.39 Å². The van der Waals surface area contributed by atoms with Crippen LogP contribution in [0.2, 0.25) is 0 Å². The number of carbonyl (C=O) groups is 1. The Morgan fingerprint density at radius 1 is 1.06 bits per heavy atom. The van der Waals surface area contributed by atoms with Crippen molar-refractivity contribution in [2.24, 2.45) is 0 Å². The van der Waals surface area contributed by atoms with Crippen molar-refractivity contribution < 1.29 is 18.7 Å². The van der Waals surface area contributed by atoms with Crippen molar-refractivity contribution >= 4 is 17.8 Å². The smallest absolute Gasteiger partial charge is 0.249 e. The molecule has 3 aromatic carbocycles. The van der Waals surface area contributed by atoms with E-state index in [1.54, 1.807) is 42.3 Å². The molecule has 35 heavy (non-hydrogen) atoms. The number of hydrogen-bond acceptors (Lipinski definition) is 4. The summed E-state index contributed by atoms with van der Waals surface area (Å²) in [6.45, 7) is 2.84. The lowest BCUT2D eigenvalue weighted by atomic mass is 10.1. The maximum atomic E-state index is 13.1. The van der Waals surface area contributed by atoms with E-state index in [0.717, 1.165) is 22.4 Å². The first-order valence-electron chi connectivity index (χ1n) is 11.1. The second kappa shape index (κ2) is 11.2. The number of carbonyl (C=O) groups excluding carboxylic acids is 1. The summed E-state index contributed by atoms with van der Waals surface area (Å²) in [5.74, 6) is 1.34. The molecule has 4 rings (SSSR count). The molecule has 1 aromatic heterocycles. The van der Waals surface area contributed by atoms with Gasteiger partial charge >= 0.3 is 0 Å². The number of amides is 1. The van der Waals surface area contributed by atoms with Crippen LogP contribution in [-0.2, 0) is 17.9 Å². The van der Waals surface area contributed by atoms with Gasteiger partial charge in [-0.2, -0.15) is 5.10 Å². The maximum Gasteiger partial charge on any atom is 0.249 e. The Hall–Kier alpha value is -4.39. The lowest BCUT2D eigenvalue weighted by Gasteiger charge is -2.11. The highest BCUT2D eigenvalue weighted by Gasteiger charge is 2.07. The number of aryl methyl sites for hydroxylation is 1. The molecular weight excluding hydrogens is 445 g/mol. The minimum atomic E-state index is -0.301. The molecule has 1 amide bonds. The zero-order valence-electron chi connectivity index (χ0n) is 19.6. The number of hydrogen-bond donors (Lipinski definition) is 1. The first-order valence-corrected chi connectivity index (χ1v) is 11.1. The van der Waals surface area contributed by atoms with Gasteiger partial charge in [0, 0.05) is 23.9 Å². The number of aromatic nitrogens is 2. The number of methoxy groups -OCH3 is 1. The van der Waals surface area contributed by atoms with Crippen LogP contribution in [0, 0.1) is 12.7 Å². The average Bonchev–Trinajstić information content (AvgIpc) is 3.30. The van der Waals surface area contributed by atoms with Gasteiger partial charge in [0.15, 0.2) is 5.82 Å². The summed E-state index contributed by atoms with van der Waals surface area (Å²) in [4.78, 5) is 12.4. The highest BCUT2D eigenvalue weighted by molar-refractivity contribution is 6.01. The average molecular weight is 472 g/mol. The molecule has 0 atom stereocenters. The van der Waals surface area contributed by atoms with Crippen LogP contribution in [0.1, 0.15) is 22.3 Å². The van der Waals surface area contributed by atoms with E-state index in [1.807, 2.05) is 49.4 Å². The van der Waals surface area contributed by atoms with Crippen molar-refractivity contribution in [3.63, 3.8) is 0 Å². The lowest BCUT2D eigenvalue weighted by molar-refractivity contribution is -0.111. The van der Waals surface area contributed by atoms with Gasteiger partial charge in [0.1, 0.15) is 23.9 Å². The van der Waals surface area contributed by atoms with Crippen molar-refractivity contribution in [3.8, 4) is 11.5 Å². The van der Waals surface area contributed by atoms with Gasteiger partial charge in [0.05, 0.1) is 13.7 Å². The minimum absolute atomic E-state index is 0.281. The maximum absolute atomic E-state index is 13.1. The molecule has 0 aliphatic rings. The number of nitrogens with one attached hydrogen (secondary N) is 1. The van der Waals surface area contributed by atoms with Crippen LogP contribution >= 0.6 is 0 Å². The summed E-state index contributed by atoms with van der Waals surface area (Å²) in [6, 6.07) is 21.4. The molecule has 0 unspecified atom stereocenters. The zero-order chi connectivity index (χ0) is 24.6. The number of halogens is 1. The first kappa shape index (κ1) is 23.8. The fourth-order valence-corrected chi connectivity index (χ4v) is 3.44.